The maximum Gasteiger partial charge on any atom is 0.133 e. The van der Waals surface area contributed by atoms with Crippen LogP contribution >= 0.6 is 0 Å². The van der Waals surface area contributed by atoms with E-state index in [1.807, 2.05) is 26.1 Å². The normalized spacial score (nSPS) is 18.7. The third kappa shape index (κ3) is 3.47. The molecule has 1 N–H and O–H groups in total. The van der Waals surface area contributed by atoms with Gasteiger partial charge < -0.3 is 10.2 Å². The predicted molar refractivity (Wildman–Crippen MR) is 94.4 cm³/mol. The molecule has 2 fully saturated rings. The highest BCUT2D eigenvalue weighted by Crippen LogP contribution is 2.38. The fourth-order valence-electron chi connectivity index (χ4n) is 3.31. The first-order valence-electron chi connectivity index (χ1n) is 8.84. The Morgan fingerprint density at radius 3 is 2.54 bits per heavy atom. The molecule has 2 aromatic heterocycles. The van der Waals surface area contributed by atoms with Gasteiger partial charge in [0.25, 0.3) is 0 Å². The largest absolute Gasteiger partial charge is 0.367 e. The summed E-state index contributed by atoms with van der Waals surface area (Å²) in [6, 6.07) is 4.52. The van der Waals surface area contributed by atoms with Gasteiger partial charge in [0.15, 0.2) is 0 Å². The maximum atomic E-state index is 4.67. The minimum Gasteiger partial charge on any atom is -0.367 e. The second-order valence-corrected chi connectivity index (χ2v) is 6.89. The highest BCUT2D eigenvalue weighted by atomic mass is 15.2. The third-order valence-electron chi connectivity index (χ3n) is 4.74. The van der Waals surface area contributed by atoms with Crippen LogP contribution in [0.5, 0.6) is 0 Å². The Balaban J connectivity index is 1.36. The van der Waals surface area contributed by atoms with Gasteiger partial charge in [-0.25, -0.2) is 19.9 Å². The van der Waals surface area contributed by atoms with E-state index in [9.17, 15) is 0 Å². The smallest absolute Gasteiger partial charge is 0.133 e. The SMILES string of the molecule is Cc1cc(N2CCC(Nc3ccnc(C4CC4)n3)CC2)nc(C)n1. The molecule has 0 atom stereocenters. The first kappa shape index (κ1) is 15.3. The van der Waals surface area contributed by atoms with E-state index in [0.717, 1.165) is 54.9 Å². The first-order chi connectivity index (χ1) is 11.7. The van der Waals surface area contributed by atoms with Gasteiger partial charge in [0, 0.05) is 43.0 Å². The summed E-state index contributed by atoms with van der Waals surface area (Å²) in [6.45, 7) is 6.00. The van der Waals surface area contributed by atoms with Gasteiger partial charge in [0.05, 0.1) is 0 Å². The Labute approximate surface area is 142 Å². The minimum atomic E-state index is 0.465. The molecule has 0 unspecified atom stereocenters. The average Bonchev–Trinajstić information content (AvgIpc) is 3.40. The van der Waals surface area contributed by atoms with Crippen LogP contribution in [0.1, 0.15) is 48.9 Å². The summed E-state index contributed by atoms with van der Waals surface area (Å²) in [4.78, 5) is 20.4. The number of rotatable bonds is 4. The van der Waals surface area contributed by atoms with Crippen molar-refractivity contribution in [1.82, 2.24) is 19.9 Å². The van der Waals surface area contributed by atoms with Crippen LogP contribution in [0.4, 0.5) is 11.6 Å². The quantitative estimate of drug-likeness (QED) is 0.933. The first-order valence-corrected chi connectivity index (χ1v) is 8.84. The molecule has 0 aromatic carbocycles. The molecule has 0 bridgehead atoms. The molecule has 24 heavy (non-hydrogen) atoms. The summed E-state index contributed by atoms with van der Waals surface area (Å²) in [6.07, 6.45) is 6.53. The molecule has 4 rings (SSSR count). The van der Waals surface area contributed by atoms with Gasteiger partial charge in [-0.2, -0.15) is 0 Å². The van der Waals surface area contributed by atoms with E-state index >= 15 is 0 Å². The Morgan fingerprint density at radius 2 is 1.83 bits per heavy atom. The molecular weight excluding hydrogens is 300 g/mol. The molecule has 1 aliphatic carbocycles. The summed E-state index contributed by atoms with van der Waals surface area (Å²) in [5, 5.41) is 3.59. The van der Waals surface area contributed by atoms with Crippen LogP contribution in [0.3, 0.4) is 0 Å². The van der Waals surface area contributed by atoms with E-state index in [0.29, 0.717) is 12.0 Å². The van der Waals surface area contributed by atoms with Gasteiger partial charge in [0.2, 0.25) is 0 Å². The number of aryl methyl sites for hydroxylation is 2. The van der Waals surface area contributed by atoms with Crippen molar-refractivity contribution in [1.29, 1.82) is 0 Å². The molecular formula is C18H24N6. The Bertz CT molecular complexity index is 699. The number of aromatic nitrogens is 4. The van der Waals surface area contributed by atoms with Gasteiger partial charge in [-0.05, 0) is 45.6 Å². The zero-order chi connectivity index (χ0) is 16.5. The second-order valence-electron chi connectivity index (χ2n) is 6.89. The fraction of sp³-hybridized carbons (Fsp3) is 0.556. The predicted octanol–water partition coefficient (Wildman–Crippen LogP) is 2.84. The lowest BCUT2D eigenvalue weighted by Gasteiger charge is -2.33. The maximum absolute atomic E-state index is 4.67. The average molecular weight is 324 g/mol. The topological polar surface area (TPSA) is 66.8 Å². The van der Waals surface area contributed by atoms with E-state index in [-0.39, 0.29) is 0 Å². The van der Waals surface area contributed by atoms with E-state index in [4.69, 9.17) is 0 Å². The molecule has 1 saturated heterocycles. The van der Waals surface area contributed by atoms with Crippen molar-refractivity contribution >= 4 is 11.6 Å². The van der Waals surface area contributed by atoms with Crippen molar-refractivity contribution in [3.05, 3.63) is 35.7 Å². The summed E-state index contributed by atoms with van der Waals surface area (Å²) in [5.41, 5.74) is 1.03. The van der Waals surface area contributed by atoms with Crippen LogP contribution in [-0.2, 0) is 0 Å². The molecule has 2 aliphatic rings. The molecule has 0 amide bonds. The summed E-state index contributed by atoms with van der Waals surface area (Å²) < 4.78 is 0. The van der Waals surface area contributed by atoms with Gasteiger partial charge in [-0.15, -0.1) is 0 Å². The van der Waals surface area contributed by atoms with Crippen molar-refractivity contribution in [2.24, 2.45) is 0 Å². The summed E-state index contributed by atoms with van der Waals surface area (Å²) >= 11 is 0. The van der Waals surface area contributed by atoms with E-state index in [1.54, 1.807) is 0 Å². The molecule has 0 radical (unpaired) electrons. The number of nitrogens with zero attached hydrogens (tertiary/aromatic N) is 5. The number of hydrogen-bond acceptors (Lipinski definition) is 6. The lowest BCUT2D eigenvalue weighted by molar-refractivity contribution is 0.521. The molecule has 0 spiro atoms. The van der Waals surface area contributed by atoms with Gasteiger partial charge in [-0.1, -0.05) is 0 Å². The minimum absolute atomic E-state index is 0.465. The Morgan fingerprint density at radius 1 is 1.04 bits per heavy atom. The van der Waals surface area contributed by atoms with Crippen LogP contribution in [0.2, 0.25) is 0 Å². The monoisotopic (exact) mass is 324 g/mol. The van der Waals surface area contributed by atoms with Gasteiger partial charge in [0.1, 0.15) is 23.3 Å². The Hall–Kier alpha value is -2.24. The molecule has 1 aliphatic heterocycles. The number of hydrogen-bond donors (Lipinski definition) is 1. The van der Waals surface area contributed by atoms with Crippen LogP contribution < -0.4 is 10.2 Å². The number of piperidine rings is 1. The lowest BCUT2D eigenvalue weighted by atomic mass is 10.0. The van der Waals surface area contributed by atoms with Gasteiger partial charge in [-0.3, -0.25) is 0 Å². The number of anilines is 2. The third-order valence-corrected chi connectivity index (χ3v) is 4.74. The summed E-state index contributed by atoms with van der Waals surface area (Å²) in [7, 11) is 0. The molecule has 126 valence electrons. The highest BCUT2D eigenvalue weighted by Gasteiger charge is 2.27. The molecule has 2 aromatic rings. The van der Waals surface area contributed by atoms with E-state index < -0.39 is 0 Å². The van der Waals surface area contributed by atoms with Crippen LogP contribution in [-0.4, -0.2) is 39.1 Å². The van der Waals surface area contributed by atoms with Crippen molar-refractivity contribution in [2.75, 3.05) is 23.3 Å². The molecule has 6 heteroatoms. The van der Waals surface area contributed by atoms with Crippen LogP contribution in [0.25, 0.3) is 0 Å². The van der Waals surface area contributed by atoms with E-state index in [1.165, 1.54) is 12.8 Å². The molecule has 1 saturated carbocycles. The molecule has 3 heterocycles. The fourth-order valence-corrected chi connectivity index (χ4v) is 3.31. The van der Waals surface area contributed by atoms with Crippen LogP contribution in [0.15, 0.2) is 18.3 Å². The van der Waals surface area contributed by atoms with Crippen molar-refractivity contribution < 1.29 is 0 Å². The van der Waals surface area contributed by atoms with Crippen LogP contribution in [0, 0.1) is 13.8 Å². The zero-order valence-electron chi connectivity index (χ0n) is 14.4. The van der Waals surface area contributed by atoms with Crippen molar-refractivity contribution in [3.63, 3.8) is 0 Å². The van der Waals surface area contributed by atoms with Crippen molar-refractivity contribution in [3.8, 4) is 0 Å². The lowest BCUT2D eigenvalue weighted by Crippen LogP contribution is -2.39. The summed E-state index contributed by atoms with van der Waals surface area (Å²) in [5.74, 6) is 4.47. The van der Waals surface area contributed by atoms with Gasteiger partial charge >= 0.3 is 0 Å². The second kappa shape index (κ2) is 6.34. The highest BCUT2D eigenvalue weighted by molar-refractivity contribution is 5.41. The zero-order valence-corrected chi connectivity index (χ0v) is 14.4. The molecule has 6 nitrogen and oxygen atoms in total. The van der Waals surface area contributed by atoms with E-state index in [2.05, 4.69) is 36.2 Å². The number of nitrogens with one attached hydrogen (secondary N) is 1. The Kier molecular flexibility index (Phi) is 4.04. The standard InChI is InChI=1S/C18H24N6/c1-12-11-17(21-13(2)20-12)24-9-6-15(7-10-24)22-16-5-8-19-18(23-16)14-3-4-14/h5,8,11,14-15H,3-4,6-7,9-10H2,1-2H3,(H,19,22,23). The van der Waals surface area contributed by atoms with Crippen molar-refractivity contribution in [2.45, 2.75) is 51.5 Å².